The van der Waals surface area contributed by atoms with Gasteiger partial charge in [-0.3, -0.25) is 19.4 Å². The van der Waals surface area contributed by atoms with E-state index in [9.17, 15) is 9.59 Å². The molecule has 37 heavy (non-hydrogen) atoms. The third kappa shape index (κ3) is 4.13. The van der Waals surface area contributed by atoms with Crippen LogP contribution in [-0.4, -0.2) is 61.0 Å². The first-order valence-corrected chi connectivity index (χ1v) is 12.8. The predicted molar refractivity (Wildman–Crippen MR) is 141 cm³/mol. The van der Waals surface area contributed by atoms with Crippen LogP contribution in [-0.2, 0) is 13.1 Å². The van der Waals surface area contributed by atoms with Crippen LogP contribution in [0.25, 0.3) is 0 Å². The Morgan fingerprint density at radius 3 is 2.19 bits per heavy atom. The van der Waals surface area contributed by atoms with Crippen LogP contribution >= 0.6 is 0 Å². The summed E-state index contributed by atoms with van der Waals surface area (Å²) in [6, 6.07) is 22.6. The van der Waals surface area contributed by atoms with Crippen molar-refractivity contribution in [2.45, 2.75) is 38.0 Å². The van der Waals surface area contributed by atoms with Gasteiger partial charge in [0.25, 0.3) is 11.8 Å². The first-order chi connectivity index (χ1) is 18.1. The number of fused-ring (bicyclic) bond motifs is 3. The molecule has 0 N–H and O–H groups in total. The number of amides is 2. The third-order valence-corrected chi connectivity index (χ3v) is 7.95. The number of hydrogen-bond donors (Lipinski definition) is 0. The average Bonchev–Trinajstić information content (AvgIpc) is 3.30. The lowest BCUT2D eigenvalue weighted by atomic mass is 10.0. The summed E-state index contributed by atoms with van der Waals surface area (Å²) in [7, 11) is 3.15. The molecule has 2 atom stereocenters. The van der Waals surface area contributed by atoms with Gasteiger partial charge in [0.15, 0.2) is 11.5 Å². The molecule has 0 aromatic heterocycles. The molecule has 0 spiro atoms. The Morgan fingerprint density at radius 1 is 0.757 bits per heavy atom. The molecule has 190 valence electrons. The van der Waals surface area contributed by atoms with E-state index in [1.807, 2.05) is 24.3 Å². The number of carbonyl (C=O) groups is 2. The molecule has 0 saturated carbocycles. The number of methoxy groups -OCH3 is 2. The highest BCUT2D eigenvalue weighted by atomic mass is 16.5. The van der Waals surface area contributed by atoms with E-state index < -0.39 is 0 Å². The standard InChI is InChI=1S/C30H31N3O4/c1-36-26-14-11-21(15-27(26)37-2)17-33-29(34)24-9-6-10-25(28(24)30(33)35)31-18-22-12-13-23(19-31)32(22)16-20-7-4-3-5-8-20/h3-11,14-15,22-23H,12-13,16-19H2,1-2H3. The molecule has 7 heteroatoms. The highest BCUT2D eigenvalue weighted by Crippen LogP contribution is 2.38. The highest BCUT2D eigenvalue weighted by molar-refractivity contribution is 6.23. The summed E-state index contributed by atoms with van der Waals surface area (Å²) in [5, 5.41) is 0. The largest absolute Gasteiger partial charge is 0.493 e. The molecule has 2 amide bonds. The maximum atomic E-state index is 13.6. The lowest BCUT2D eigenvalue weighted by Crippen LogP contribution is -2.53. The van der Waals surface area contributed by atoms with Gasteiger partial charge < -0.3 is 14.4 Å². The molecule has 3 aromatic rings. The number of piperazine rings is 1. The molecule has 3 heterocycles. The molecule has 2 saturated heterocycles. The maximum absolute atomic E-state index is 13.6. The second-order valence-electron chi connectivity index (χ2n) is 10.0. The van der Waals surface area contributed by atoms with Crippen molar-refractivity contribution < 1.29 is 19.1 Å². The summed E-state index contributed by atoms with van der Waals surface area (Å²) in [5.74, 6) is 0.699. The first-order valence-electron chi connectivity index (χ1n) is 12.8. The van der Waals surface area contributed by atoms with Crippen LogP contribution < -0.4 is 14.4 Å². The maximum Gasteiger partial charge on any atom is 0.263 e. The normalized spacial score (nSPS) is 20.9. The lowest BCUT2D eigenvalue weighted by Gasteiger charge is -2.42. The minimum Gasteiger partial charge on any atom is -0.493 e. The van der Waals surface area contributed by atoms with Gasteiger partial charge in [-0.2, -0.15) is 0 Å². The minimum atomic E-state index is -0.248. The van der Waals surface area contributed by atoms with E-state index in [4.69, 9.17) is 9.47 Å². The highest BCUT2D eigenvalue weighted by Gasteiger charge is 2.43. The zero-order chi connectivity index (χ0) is 25.5. The van der Waals surface area contributed by atoms with Gasteiger partial charge in [-0.25, -0.2) is 0 Å². The summed E-state index contributed by atoms with van der Waals surface area (Å²) in [5.41, 5.74) is 4.04. The summed E-state index contributed by atoms with van der Waals surface area (Å²) in [4.78, 5) is 33.3. The summed E-state index contributed by atoms with van der Waals surface area (Å²) in [6.07, 6.45) is 2.31. The van der Waals surface area contributed by atoms with E-state index in [0.29, 0.717) is 34.7 Å². The van der Waals surface area contributed by atoms with E-state index in [-0.39, 0.29) is 18.4 Å². The Kier molecular flexibility index (Phi) is 6.08. The topological polar surface area (TPSA) is 62.3 Å². The van der Waals surface area contributed by atoms with E-state index in [0.717, 1.165) is 43.7 Å². The summed E-state index contributed by atoms with van der Waals surface area (Å²) < 4.78 is 10.7. The molecular formula is C30H31N3O4. The molecule has 0 radical (unpaired) electrons. The molecule has 2 unspecified atom stereocenters. The van der Waals surface area contributed by atoms with Crippen molar-refractivity contribution in [3.8, 4) is 11.5 Å². The van der Waals surface area contributed by atoms with Gasteiger partial charge in [0.05, 0.1) is 37.6 Å². The number of rotatable bonds is 7. The van der Waals surface area contributed by atoms with Crippen LogP contribution in [0.2, 0.25) is 0 Å². The van der Waals surface area contributed by atoms with Crippen molar-refractivity contribution in [1.29, 1.82) is 0 Å². The van der Waals surface area contributed by atoms with Crippen molar-refractivity contribution in [2.24, 2.45) is 0 Å². The van der Waals surface area contributed by atoms with Gasteiger partial charge in [-0.15, -0.1) is 0 Å². The van der Waals surface area contributed by atoms with Crippen LogP contribution in [0, 0.1) is 0 Å². The fourth-order valence-corrected chi connectivity index (χ4v) is 6.12. The molecule has 2 bridgehead atoms. The van der Waals surface area contributed by atoms with Crippen molar-refractivity contribution >= 4 is 17.5 Å². The smallest absolute Gasteiger partial charge is 0.263 e. The Morgan fingerprint density at radius 2 is 1.49 bits per heavy atom. The number of carbonyl (C=O) groups excluding carboxylic acids is 2. The number of anilines is 1. The third-order valence-electron chi connectivity index (χ3n) is 7.95. The predicted octanol–water partition coefficient (Wildman–Crippen LogP) is 4.35. The van der Waals surface area contributed by atoms with Crippen LogP contribution in [0.15, 0.2) is 66.7 Å². The Balaban J connectivity index is 1.23. The number of benzene rings is 3. The molecule has 7 nitrogen and oxygen atoms in total. The first kappa shape index (κ1) is 23.6. The number of nitrogens with zero attached hydrogens (tertiary/aromatic N) is 3. The summed E-state index contributed by atoms with van der Waals surface area (Å²) >= 11 is 0. The van der Waals surface area contributed by atoms with E-state index in [1.165, 1.54) is 10.5 Å². The Bertz CT molecular complexity index is 1330. The van der Waals surface area contributed by atoms with Crippen LogP contribution in [0.5, 0.6) is 11.5 Å². The van der Waals surface area contributed by atoms with E-state index in [2.05, 4.69) is 40.1 Å². The quantitative estimate of drug-likeness (QED) is 0.452. The molecule has 3 aliphatic rings. The number of hydrogen-bond acceptors (Lipinski definition) is 6. The van der Waals surface area contributed by atoms with Gasteiger partial charge in [0, 0.05) is 31.7 Å². The van der Waals surface area contributed by atoms with Crippen molar-refractivity contribution in [3.63, 3.8) is 0 Å². The Labute approximate surface area is 217 Å². The van der Waals surface area contributed by atoms with Crippen molar-refractivity contribution in [3.05, 3.63) is 89.0 Å². The minimum absolute atomic E-state index is 0.183. The average molecular weight is 498 g/mol. The zero-order valence-electron chi connectivity index (χ0n) is 21.2. The fraction of sp³-hybridized carbons (Fsp3) is 0.333. The van der Waals surface area contributed by atoms with E-state index >= 15 is 0 Å². The van der Waals surface area contributed by atoms with Gasteiger partial charge in [0.1, 0.15) is 0 Å². The second kappa shape index (κ2) is 9.56. The fourth-order valence-electron chi connectivity index (χ4n) is 6.12. The molecule has 3 aromatic carbocycles. The molecule has 3 aliphatic heterocycles. The number of ether oxygens (including phenoxy) is 2. The van der Waals surface area contributed by atoms with Crippen molar-refractivity contribution in [1.82, 2.24) is 9.80 Å². The SMILES string of the molecule is COc1ccc(CN2C(=O)c3cccc(N4CC5CCC(C4)N5Cc4ccccc4)c3C2=O)cc1OC. The van der Waals surface area contributed by atoms with Crippen LogP contribution in [0.3, 0.4) is 0 Å². The molecular weight excluding hydrogens is 466 g/mol. The van der Waals surface area contributed by atoms with E-state index in [1.54, 1.807) is 26.4 Å². The van der Waals surface area contributed by atoms with Gasteiger partial charge in [-0.05, 0) is 48.2 Å². The summed E-state index contributed by atoms with van der Waals surface area (Å²) in [6.45, 7) is 2.85. The van der Waals surface area contributed by atoms with Crippen LogP contribution in [0.4, 0.5) is 5.69 Å². The van der Waals surface area contributed by atoms with Gasteiger partial charge in [0.2, 0.25) is 0 Å². The van der Waals surface area contributed by atoms with Gasteiger partial charge >= 0.3 is 0 Å². The Hall–Kier alpha value is -3.84. The molecule has 0 aliphatic carbocycles. The van der Waals surface area contributed by atoms with Crippen LogP contribution in [0.1, 0.15) is 44.7 Å². The molecule has 6 rings (SSSR count). The zero-order valence-corrected chi connectivity index (χ0v) is 21.2. The number of imide groups is 1. The van der Waals surface area contributed by atoms with Gasteiger partial charge in [-0.1, -0.05) is 42.5 Å². The molecule has 2 fully saturated rings. The lowest BCUT2D eigenvalue weighted by molar-refractivity contribution is 0.0642. The van der Waals surface area contributed by atoms with Crippen molar-refractivity contribution in [2.75, 3.05) is 32.2 Å². The second-order valence-corrected chi connectivity index (χ2v) is 10.0. The monoisotopic (exact) mass is 497 g/mol.